The van der Waals surface area contributed by atoms with Gasteiger partial charge < -0.3 is 15.0 Å². The summed E-state index contributed by atoms with van der Waals surface area (Å²) in [6.45, 7) is 1.97. The first kappa shape index (κ1) is 32.8. The van der Waals surface area contributed by atoms with Gasteiger partial charge in [0.2, 0.25) is 11.8 Å². The fourth-order valence-electron chi connectivity index (χ4n) is 5.83. The standard InChI is InChI=1S/C37H41N3O5S/c1-2-45-33-24-22-32(23-25-33)40(46(43,44)34-20-10-5-11-21-34)28-36(41)39(27-30-16-8-4-9-17-30)35(26-29-14-6-3-7-15-29)37(42)38-31-18-12-13-19-31/h3-11,14-17,20-25,31,35H,2,12-13,18-19,26-28H2,1H3,(H,38,42). The van der Waals surface area contributed by atoms with Crippen LogP contribution in [0, 0.1) is 0 Å². The number of nitrogens with zero attached hydrogens (tertiary/aromatic N) is 2. The van der Waals surface area contributed by atoms with E-state index in [1.54, 1.807) is 42.5 Å². The molecule has 9 heteroatoms. The molecule has 4 aromatic carbocycles. The molecule has 0 bridgehead atoms. The van der Waals surface area contributed by atoms with Gasteiger partial charge in [-0.3, -0.25) is 13.9 Å². The van der Waals surface area contributed by atoms with Gasteiger partial charge in [-0.25, -0.2) is 8.42 Å². The molecule has 0 heterocycles. The van der Waals surface area contributed by atoms with Crippen molar-refractivity contribution in [3.05, 3.63) is 126 Å². The second-order valence-electron chi connectivity index (χ2n) is 11.5. The maximum absolute atomic E-state index is 14.6. The van der Waals surface area contributed by atoms with E-state index in [1.165, 1.54) is 17.0 Å². The van der Waals surface area contributed by atoms with Gasteiger partial charge in [0.1, 0.15) is 18.3 Å². The lowest BCUT2D eigenvalue weighted by Crippen LogP contribution is -2.54. The zero-order chi connectivity index (χ0) is 32.4. The van der Waals surface area contributed by atoms with Crippen molar-refractivity contribution in [1.82, 2.24) is 10.2 Å². The molecule has 1 aliphatic carbocycles. The Morgan fingerprint density at radius 1 is 0.804 bits per heavy atom. The Balaban J connectivity index is 1.54. The molecule has 2 amide bonds. The van der Waals surface area contributed by atoms with Crippen LogP contribution in [0.3, 0.4) is 0 Å². The molecule has 1 atom stereocenters. The van der Waals surface area contributed by atoms with Crippen LogP contribution in [0.4, 0.5) is 5.69 Å². The minimum atomic E-state index is -4.16. The summed E-state index contributed by atoms with van der Waals surface area (Å²) in [4.78, 5) is 30.2. The summed E-state index contributed by atoms with van der Waals surface area (Å²) >= 11 is 0. The molecule has 5 rings (SSSR count). The van der Waals surface area contributed by atoms with E-state index in [-0.39, 0.29) is 29.8 Å². The first-order chi connectivity index (χ1) is 22.3. The average Bonchev–Trinajstić information content (AvgIpc) is 3.60. The second-order valence-corrected chi connectivity index (χ2v) is 13.3. The van der Waals surface area contributed by atoms with E-state index < -0.39 is 28.5 Å². The predicted molar refractivity (Wildman–Crippen MR) is 180 cm³/mol. The Hall–Kier alpha value is -4.63. The monoisotopic (exact) mass is 639 g/mol. The number of carbonyl (C=O) groups is 2. The van der Waals surface area contributed by atoms with Crippen molar-refractivity contribution < 1.29 is 22.7 Å². The molecule has 240 valence electrons. The summed E-state index contributed by atoms with van der Waals surface area (Å²) in [6, 6.07) is 33.0. The number of benzene rings is 4. The molecule has 1 fully saturated rings. The molecule has 0 saturated heterocycles. The summed E-state index contributed by atoms with van der Waals surface area (Å²) in [7, 11) is -4.16. The smallest absolute Gasteiger partial charge is 0.264 e. The average molecular weight is 640 g/mol. The molecule has 46 heavy (non-hydrogen) atoms. The van der Waals surface area contributed by atoms with Crippen molar-refractivity contribution in [2.75, 3.05) is 17.5 Å². The van der Waals surface area contributed by atoms with Crippen LogP contribution in [0.2, 0.25) is 0 Å². The van der Waals surface area contributed by atoms with Gasteiger partial charge in [-0.2, -0.15) is 0 Å². The summed E-state index contributed by atoms with van der Waals surface area (Å²) < 4.78 is 35.0. The van der Waals surface area contributed by atoms with Crippen LogP contribution in [0.1, 0.15) is 43.7 Å². The predicted octanol–water partition coefficient (Wildman–Crippen LogP) is 5.98. The van der Waals surface area contributed by atoms with Gasteiger partial charge in [0.05, 0.1) is 17.2 Å². The van der Waals surface area contributed by atoms with Crippen molar-refractivity contribution in [3.8, 4) is 5.75 Å². The van der Waals surface area contributed by atoms with Crippen molar-refractivity contribution in [2.45, 2.75) is 62.6 Å². The summed E-state index contributed by atoms with van der Waals surface area (Å²) in [5.74, 6) is -0.134. The molecule has 1 unspecified atom stereocenters. The highest BCUT2D eigenvalue weighted by atomic mass is 32.2. The molecule has 1 N–H and O–H groups in total. The van der Waals surface area contributed by atoms with Gasteiger partial charge in [-0.15, -0.1) is 0 Å². The summed E-state index contributed by atoms with van der Waals surface area (Å²) in [6.07, 6.45) is 4.19. The molecule has 0 radical (unpaired) electrons. The van der Waals surface area contributed by atoms with Gasteiger partial charge >= 0.3 is 0 Å². The lowest BCUT2D eigenvalue weighted by Gasteiger charge is -2.34. The zero-order valence-electron chi connectivity index (χ0n) is 26.1. The molecule has 1 aliphatic rings. The number of anilines is 1. The maximum atomic E-state index is 14.6. The van der Waals surface area contributed by atoms with Crippen LogP contribution >= 0.6 is 0 Å². The highest BCUT2D eigenvalue weighted by Crippen LogP contribution is 2.27. The molecule has 0 aliphatic heterocycles. The number of hydrogen-bond acceptors (Lipinski definition) is 5. The molecule has 0 spiro atoms. The Kier molecular flexibility index (Phi) is 11.1. The fourth-order valence-corrected chi connectivity index (χ4v) is 7.26. The third-order valence-corrected chi connectivity index (χ3v) is 10.0. The Morgan fingerprint density at radius 2 is 1.37 bits per heavy atom. The normalized spacial score (nSPS) is 13.9. The third-order valence-electron chi connectivity index (χ3n) is 8.21. The van der Waals surface area contributed by atoms with Crippen molar-refractivity contribution in [3.63, 3.8) is 0 Å². The number of amides is 2. The Bertz CT molecular complexity index is 1660. The third kappa shape index (κ3) is 8.34. The second kappa shape index (κ2) is 15.6. The maximum Gasteiger partial charge on any atom is 0.264 e. The largest absolute Gasteiger partial charge is 0.494 e. The summed E-state index contributed by atoms with van der Waals surface area (Å²) in [5, 5.41) is 3.20. The molecule has 0 aromatic heterocycles. The number of carbonyl (C=O) groups excluding carboxylic acids is 2. The number of sulfonamides is 1. The Morgan fingerprint density at radius 3 is 1.96 bits per heavy atom. The van der Waals surface area contributed by atoms with Crippen molar-refractivity contribution in [2.24, 2.45) is 0 Å². The van der Waals surface area contributed by atoms with E-state index >= 15 is 0 Å². The topological polar surface area (TPSA) is 96.0 Å². The van der Waals surface area contributed by atoms with E-state index in [9.17, 15) is 18.0 Å². The van der Waals surface area contributed by atoms with Crippen molar-refractivity contribution in [1.29, 1.82) is 0 Å². The van der Waals surface area contributed by atoms with Gasteiger partial charge in [0.25, 0.3) is 10.0 Å². The zero-order valence-corrected chi connectivity index (χ0v) is 26.9. The first-order valence-corrected chi connectivity index (χ1v) is 17.3. The van der Waals surface area contributed by atoms with Crippen molar-refractivity contribution >= 4 is 27.5 Å². The van der Waals surface area contributed by atoms with Crippen LogP contribution in [-0.2, 0) is 32.6 Å². The molecule has 8 nitrogen and oxygen atoms in total. The van der Waals surface area contributed by atoms with Crippen LogP contribution in [0.5, 0.6) is 5.75 Å². The van der Waals surface area contributed by atoms with Gasteiger partial charge in [-0.1, -0.05) is 91.7 Å². The van der Waals surface area contributed by atoms with Crippen LogP contribution in [0.15, 0.2) is 120 Å². The lowest BCUT2D eigenvalue weighted by molar-refractivity contribution is -0.140. The molecule has 4 aromatic rings. The van der Waals surface area contributed by atoms with E-state index in [1.807, 2.05) is 67.6 Å². The minimum absolute atomic E-state index is 0.0539. The highest BCUT2D eigenvalue weighted by Gasteiger charge is 2.35. The highest BCUT2D eigenvalue weighted by molar-refractivity contribution is 7.92. The quantitative estimate of drug-likeness (QED) is 0.183. The fraction of sp³-hybridized carbons (Fsp3) is 0.297. The van der Waals surface area contributed by atoms with E-state index in [0.29, 0.717) is 18.0 Å². The molecular weight excluding hydrogens is 598 g/mol. The number of nitrogens with one attached hydrogen (secondary N) is 1. The van der Waals surface area contributed by atoms with Gasteiger partial charge in [0, 0.05) is 19.0 Å². The van der Waals surface area contributed by atoms with Gasteiger partial charge in [0.15, 0.2) is 0 Å². The number of rotatable bonds is 14. The van der Waals surface area contributed by atoms with E-state index in [0.717, 1.165) is 41.1 Å². The number of ether oxygens (including phenoxy) is 1. The SMILES string of the molecule is CCOc1ccc(N(CC(=O)N(Cc2ccccc2)C(Cc2ccccc2)C(=O)NC2CCCC2)S(=O)(=O)c2ccccc2)cc1. The first-order valence-electron chi connectivity index (χ1n) is 15.8. The van der Waals surface area contributed by atoms with E-state index in [4.69, 9.17) is 4.74 Å². The molecule has 1 saturated carbocycles. The van der Waals surface area contributed by atoms with Gasteiger partial charge in [-0.05, 0) is 67.3 Å². The minimum Gasteiger partial charge on any atom is -0.494 e. The van der Waals surface area contributed by atoms with E-state index in [2.05, 4.69) is 5.32 Å². The van der Waals surface area contributed by atoms with Crippen LogP contribution in [0.25, 0.3) is 0 Å². The molecular formula is C37H41N3O5S. The van der Waals surface area contributed by atoms with Crippen LogP contribution < -0.4 is 14.4 Å². The summed E-state index contributed by atoms with van der Waals surface area (Å²) in [5.41, 5.74) is 2.05. The number of hydrogen-bond donors (Lipinski definition) is 1. The lowest BCUT2D eigenvalue weighted by atomic mass is 10.0. The Labute approximate surface area is 272 Å². The van der Waals surface area contributed by atoms with Crippen LogP contribution in [-0.4, -0.2) is 50.4 Å².